The summed E-state index contributed by atoms with van der Waals surface area (Å²) in [6, 6.07) is 15.4. The second-order valence-corrected chi connectivity index (χ2v) is 16.5. The second-order valence-electron chi connectivity index (χ2n) is 12.3. The molecule has 8 N–H and O–H groups in total. The van der Waals surface area contributed by atoms with E-state index in [1.165, 1.54) is 73.7 Å². The molecule has 4 aromatic rings. The van der Waals surface area contributed by atoms with Crippen LogP contribution in [0.25, 0.3) is 12.2 Å². The maximum Gasteiger partial charge on any atom is 0.337 e. The number of hydrogen-bond acceptors (Lipinski definition) is 14. The molecule has 0 fully saturated rings. The quantitative estimate of drug-likeness (QED) is 0.0811. The first-order chi connectivity index (χ1) is 27.1. The third-order valence-corrected chi connectivity index (χ3v) is 10.9. The number of nitrogens with zero attached hydrogens (tertiary/aromatic N) is 2. The Bertz CT molecular complexity index is 2970. The van der Waals surface area contributed by atoms with Crippen molar-refractivity contribution in [3.8, 4) is 0 Å². The van der Waals surface area contributed by atoms with Crippen molar-refractivity contribution >= 4 is 100 Å². The van der Waals surface area contributed by atoms with E-state index in [1.807, 2.05) is 0 Å². The van der Waals surface area contributed by atoms with Crippen LogP contribution in [0.15, 0.2) is 104 Å². The molecule has 0 unspecified atom stereocenters. The molecular weight excluding hydrogens is 825 g/mol. The average molecular weight is 851 g/mol. The summed E-state index contributed by atoms with van der Waals surface area (Å²) in [5.41, 5.74) is 3.20. The average Bonchev–Trinajstić information content (AvgIpc) is 3.13. The predicted molar refractivity (Wildman–Crippen MR) is 210 cm³/mol. The van der Waals surface area contributed by atoms with Crippen LogP contribution in [0.1, 0.15) is 47.8 Å². The topological polar surface area (TPSA) is 324 Å². The number of nitrogens with one attached hydrogen (secondary N) is 4. The number of fused-ring (bicyclic) bond motifs is 2. The first-order valence-electron chi connectivity index (χ1n) is 16.0. The molecule has 58 heavy (non-hydrogen) atoms. The van der Waals surface area contributed by atoms with Gasteiger partial charge in [0.05, 0.1) is 21.8 Å². The highest BCUT2D eigenvalue weighted by molar-refractivity contribution is 7.91. The van der Waals surface area contributed by atoms with Crippen LogP contribution in [0.4, 0.5) is 27.5 Å². The molecule has 0 radical (unpaired) electrons. The first kappa shape index (κ1) is 40.8. The van der Waals surface area contributed by atoms with Crippen LogP contribution < -0.4 is 21.5 Å². The molecule has 0 atom stereocenters. The molecule has 0 heterocycles. The van der Waals surface area contributed by atoms with Crippen LogP contribution in [0.2, 0.25) is 0 Å². The van der Waals surface area contributed by atoms with E-state index in [0.717, 1.165) is 24.3 Å². The minimum atomic E-state index is -5.08. The lowest BCUT2D eigenvalue weighted by Gasteiger charge is -2.18. The standard InChI is InChI=1S/C35H26N6O14S3/c1-17-12-22(56(47,48)49)8-11-26(17)38-40-30-28(57(50,51)52)15-18-13-20(6-9-23(18)32(30)42)36-35(46)37-21-7-10-24-19(14-21)16-29(58(53,54)55)31(33(24)43)41-39-27-5-3-2-4-25(27)34(44)45/h2-16,38-39H,1H3,(H,44,45)(H2,36,37,46)(H,47,48,49)(H,50,51,52)(H,53,54,55). The molecule has 20 nitrogen and oxygen atoms in total. The van der Waals surface area contributed by atoms with Gasteiger partial charge in [0.2, 0.25) is 11.6 Å². The first-order valence-corrected chi connectivity index (χ1v) is 20.4. The number of allylic oxidation sites excluding steroid dienone is 2. The zero-order valence-corrected chi connectivity index (χ0v) is 31.6. The van der Waals surface area contributed by atoms with E-state index in [1.54, 1.807) is 0 Å². The molecule has 4 aromatic carbocycles. The van der Waals surface area contributed by atoms with E-state index in [9.17, 15) is 63.2 Å². The number of hydrogen-bond donors (Lipinski definition) is 8. The number of aromatic carboxylic acids is 1. The number of para-hydroxylation sites is 1. The van der Waals surface area contributed by atoms with E-state index in [4.69, 9.17) is 0 Å². The monoisotopic (exact) mass is 850 g/mol. The van der Waals surface area contributed by atoms with E-state index in [0.29, 0.717) is 0 Å². The van der Waals surface area contributed by atoms with Crippen molar-refractivity contribution in [2.75, 3.05) is 21.5 Å². The van der Waals surface area contributed by atoms with Crippen molar-refractivity contribution in [1.82, 2.24) is 0 Å². The number of aryl methyl sites for hydroxylation is 1. The van der Waals surface area contributed by atoms with Gasteiger partial charge in [0, 0.05) is 22.5 Å². The van der Waals surface area contributed by atoms with Crippen LogP contribution in [-0.2, 0) is 30.4 Å². The lowest BCUT2D eigenvalue weighted by atomic mass is 9.94. The molecule has 0 saturated heterocycles. The van der Waals surface area contributed by atoms with Crippen molar-refractivity contribution in [1.29, 1.82) is 0 Å². The van der Waals surface area contributed by atoms with E-state index in [2.05, 4.69) is 31.7 Å². The summed E-state index contributed by atoms with van der Waals surface area (Å²) in [6.45, 7) is 1.45. The highest BCUT2D eigenvalue weighted by Gasteiger charge is 2.34. The lowest BCUT2D eigenvalue weighted by molar-refractivity contribution is 0.0697. The van der Waals surface area contributed by atoms with Crippen molar-refractivity contribution in [2.24, 2.45) is 10.2 Å². The van der Waals surface area contributed by atoms with E-state index in [-0.39, 0.29) is 56.1 Å². The lowest BCUT2D eigenvalue weighted by Crippen LogP contribution is -2.28. The Kier molecular flexibility index (Phi) is 10.7. The van der Waals surface area contributed by atoms with Gasteiger partial charge in [0.1, 0.15) is 9.81 Å². The number of anilines is 4. The summed E-state index contributed by atoms with van der Waals surface area (Å²) in [6.07, 6.45) is 1.85. The van der Waals surface area contributed by atoms with Crippen molar-refractivity contribution in [3.63, 3.8) is 0 Å². The number of amides is 2. The van der Waals surface area contributed by atoms with Gasteiger partial charge in [-0.2, -0.15) is 35.5 Å². The smallest absolute Gasteiger partial charge is 0.337 e. The summed E-state index contributed by atoms with van der Waals surface area (Å²) in [7, 11) is -14.7. The number of carbonyl (C=O) groups is 4. The Morgan fingerprint density at radius 3 is 1.53 bits per heavy atom. The molecule has 2 aliphatic carbocycles. The number of rotatable bonds is 10. The predicted octanol–water partition coefficient (Wildman–Crippen LogP) is 4.37. The number of carboxylic acids is 1. The molecule has 0 aliphatic heterocycles. The fraction of sp³-hybridized carbons (Fsp3) is 0.0286. The molecular formula is C35H26N6O14S3. The molecule has 23 heteroatoms. The zero-order chi connectivity index (χ0) is 42.3. The number of urea groups is 1. The van der Waals surface area contributed by atoms with Gasteiger partial charge in [0.15, 0.2) is 11.4 Å². The molecule has 6 rings (SSSR count). The summed E-state index contributed by atoms with van der Waals surface area (Å²) >= 11 is 0. The number of carboxylic acid groups (broad SMARTS) is 1. The van der Waals surface area contributed by atoms with Crippen molar-refractivity contribution < 1.29 is 63.2 Å². The van der Waals surface area contributed by atoms with Gasteiger partial charge in [0.25, 0.3) is 30.4 Å². The van der Waals surface area contributed by atoms with Crippen molar-refractivity contribution in [2.45, 2.75) is 11.8 Å². The summed E-state index contributed by atoms with van der Waals surface area (Å²) < 4.78 is 101. The molecule has 2 aliphatic rings. The van der Waals surface area contributed by atoms with Gasteiger partial charge >= 0.3 is 12.0 Å². The second kappa shape index (κ2) is 15.2. The van der Waals surface area contributed by atoms with Crippen LogP contribution in [0.3, 0.4) is 0 Å². The van der Waals surface area contributed by atoms with Crippen molar-refractivity contribution in [3.05, 3.63) is 122 Å². The molecule has 0 aromatic heterocycles. The maximum absolute atomic E-state index is 13.4. The Balaban J connectivity index is 1.22. The van der Waals surface area contributed by atoms with Gasteiger partial charge in [-0.05, 0) is 102 Å². The highest BCUT2D eigenvalue weighted by Crippen LogP contribution is 2.31. The van der Waals surface area contributed by atoms with Gasteiger partial charge in [-0.15, -0.1) is 0 Å². The Morgan fingerprint density at radius 1 is 0.603 bits per heavy atom. The SMILES string of the molecule is Cc1cc(S(=O)(=O)O)ccc1NN=C1C(=O)c2ccc(NC(=O)Nc3ccc4c(c3)C=C(S(=O)(=O)O)C(=NNc3ccccc3C(=O)O)C4=O)cc2C=C1S(=O)(=O)O. The largest absolute Gasteiger partial charge is 0.478 e. The molecule has 298 valence electrons. The number of benzene rings is 4. The Labute approximate surface area is 327 Å². The zero-order valence-electron chi connectivity index (χ0n) is 29.2. The summed E-state index contributed by atoms with van der Waals surface area (Å²) in [5, 5.41) is 22.0. The third kappa shape index (κ3) is 8.58. The minimum Gasteiger partial charge on any atom is -0.478 e. The summed E-state index contributed by atoms with van der Waals surface area (Å²) in [5.74, 6) is -3.24. The van der Waals surface area contributed by atoms with Gasteiger partial charge in [-0.3, -0.25) is 34.1 Å². The number of Topliss-reactive ketones (excluding diaryl/α,β-unsaturated/α-hetero) is 2. The van der Waals surface area contributed by atoms with E-state index < -0.39 is 80.1 Å². The molecule has 2 amide bonds. The molecule has 0 spiro atoms. The number of carbonyl (C=O) groups excluding carboxylic acids is 3. The van der Waals surface area contributed by atoms with Crippen LogP contribution >= 0.6 is 0 Å². The van der Waals surface area contributed by atoms with Crippen LogP contribution in [0, 0.1) is 6.92 Å². The fourth-order valence-corrected chi connectivity index (χ4v) is 7.53. The van der Waals surface area contributed by atoms with Crippen LogP contribution in [0.5, 0.6) is 0 Å². The van der Waals surface area contributed by atoms with Gasteiger partial charge < -0.3 is 15.7 Å². The normalized spacial score (nSPS) is 15.5. The molecule has 0 bridgehead atoms. The molecule has 0 saturated carbocycles. The Morgan fingerprint density at radius 2 is 1.09 bits per heavy atom. The maximum atomic E-state index is 13.4. The Hall–Kier alpha value is -6.89. The summed E-state index contributed by atoms with van der Waals surface area (Å²) in [4.78, 5) is 49.1. The van der Waals surface area contributed by atoms with Gasteiger partial charge in [-0.25, -0.2) is 9.59 Å². The highest BCUT2D eigenvalue weighted by atomic mass is 32.2. The minimum absolute atomic E-state index is 0.0294. The van der Waals surface area contributed by atoms with Crippen LogP contribution in [-0.4, -0.2) is 79.0 Å². The van der Waals surface area contributed by atoms with E-state index >= 15 is 0 Å². The van der Waals surface area contributed by atoms with Gasteiger partial charge in [-0.1, -0.05) is 12.1 Å². The third-order valence-electron chi connectivity index (χ3n) is 8.36. The fourth-order valence-electron chi connectivity index (χ4n) is 5.65. The number of ketones is 2. The number of hydrazone groups is 2.